The lowest BCUT2D eigenvalue weighted by Gasteiger charge is -2.03. The number of rotatable bonds is 5. The van der Waals surface area contributed by atoms with Crippen molar-refractivity contribution in [1.82, 2.24) is 5.32 Å². The largest absolute Gasteiger partial charge is 0.480 e. The van der Waals surface area contributed by atoms with Crippen molar-refractivity contribution >= 4 is 24.3 Å². The Kier molecular flexibility index (Phi) is 13.3. The summed E-state index contributed by atoms with van der Waals surface area (Å²) in [5.41, 5.74) is 5.58. The first kappa shape index (κ1) is 19.7. The third-order valence-electron chi connectivity index (χ3n) is 1.74. The Morgan fingerprint density at radius 1 is 1.32 bits per heavy atom. The average Bonchev–Trinajstić information content (AvgIpc) is 2.38. The highest BCUT2D eigenvalue weighted by atomic mass is 35.5. The molecule has 6 nitrogen and oxygen atoms in total. The molecule has 0 saturated carbocycles. The second-order valence-corrected chi connectivity index (χ2v) is 3.27. The van der Waals surface area contributed by atoms with E-state index in [1.807, 2.05) is 30.3 Å². The zero-order valence-electron chi connectivity index (χ0n) is 10.7. The van der Waals surface area contributed by atoms with Gasteiger partial charge >= 0.3 is 11.9 Å². The lowest BCUT2D eigenvalue weighted by atomic mass is 10.2. The Hall–Kier alpha value is -1.63. The summed E-state index contributed by atoms with van der Waals surface area (Å²) in [5.74, 6) is -1.20. The number of hydrogen-bond acceptors (Lipinski definition) is 5. The number of carboxylic acids is 1. The van der Waals surface area contributed by atoms with Crippen LogP contribution in [0.25, 0.3) is 0 Å². The van der Waals surface area contributed by atoms with Gasteiger partial charge in [-0.3, -0.25) is 9.59 Å². The van der Waals surface area contributed by atoms with Gasteiger partial charge in [0, 0.05) is 0 Å². The van der Waals surface area contributed by atoms with Gasteiger partial charge in [0.05, 0.1) is 13.1 Å². The molecule has 0 fully saturated rings. The Morgan fingerprint density at radius 2 is 1.84 bits per heavy atom. The number of aliphatic carboxylic acids is 1. The van der Waals surface area contributed by atoms with Gasteiger partial charge in [-0.15, -0.1) is 12.4 Å². The van der Waals surface area contributed by atoms with E-state index in [1.165, 1.54) is 0 Å². The molecule has 0 radical (unpaired) electrons. The zero-order chi connectivity index (χ0) is 13.8. The molecule has 0 unspecified atom stereocenters. The topological polar surface area (TPSA) is 102 Å². The minimum Gasteiger partial charge on any atom is -0.480 e. The van der Waals surface area contributed by atoms with Crippen molar-refractivity contribution in [2.45, 2.75) is 6.61 Å². The van der Waals surface area contributed by atoms with E-state index in [9.17, 15) is 9.59 Å². The number of carbonyl (C=O) groups excluding carboxylic acids is 1. The second kappa shape index (κ2) is 12.8. The van der Waals surface area contributed by atoms with E-state index in [2.05, 4.69) is 11.1 Å². The number of hydrogen-bond donors (Lipinski definition) is 3. The van der Waals surface area contributed by atoms with E-state index in [0.717, 1.165) is 5.56 Å². The monoisotopic (exact) mass is 290 g/mol. The van der Waals surface area contributed by atoms with Crippen LogP contribution in [0.4, 0.5) is 0 Å². The first-order valence-corrected chi connectivity index (χ1v) is 5.36. The fraction of sp³-hybridized carbons (Fsp3) is 0.333. The molecule has 0 aliphatic carbocycles. The second-order valence-electron chi connectivity index (χ2n) is 3.27. The highest BCUT2D eigenvalue weighted by Gasteiger charge is 1.99. The summed E-state index contributed by atoms with van der Waals surface area (Å²) >= 11 is 0. The first-order chi connectivity index (χ1) is 8.60. The molecule has 4 N–H and O–H groups in total. The summed E-state index contributed by atoms with van der Waals surface area (Å²) in [6.45, 7) is 0.328. The number of nitrogens with two attached hydrogens (primary N) is 1. The normalized spacial score (nSPS) is 8.53. The Labute approximate surface area is 118 Å². The molecular formula is C12H19ClN2O4. The predicted molar refractivity (Wildman–Crippen MR) is 74.1 cm³/mol. The molecule has 1 aromatic carbocycles. The number of ether oxygens (including phenoxy) is 1. The molecule has 0 aromatic heterocycles. The van der Waals surface area contributed by atoms with E-state index in [-0.39, 0.29) is 31.5 Å². The fourth-order valence-corrected chi connectivity index (χ4v) is 0.933. The number of carboxylic acid groups (broad SMARTS) is 1. The van der Waals surface area contributed by atoms with Crippen LogP contribution in [0.15, 0.2) is 30.3 Å². The summed E-state index contributed by atoms with van der Waals surface area (Å²) in [4.78, 5) is 20.2. The molecule has 0 aliphatic rings. The number of benzene rings is 1. The van der Waals surface area contributed by atoms with Crippen molar-refractivity contribution in [3.8, 4) is 0 Å². The van der Waals surface area contributed by atoms with Gasteiger partial charge in [0.2, 0.25) is 0 Å². The maximum absolute atomic E-state index is 10.9. The maximum atomic E-state index is 10.9. The maximum Gasteiger partial charge on any atom is 0.320 e. The third-order valence-corrected chi connectivity index (χ3v) is 1.74. The molecule has 108 valence electrons. The molecule has 0 bridgehead atoms. The first-order valence-electron chi connectivity index (χ1n) is 5.36. The van der Waals surface area contributed by atoms with Crippen LogP contribution in [-0.2, 0) is 20.9 Å². The predicted octanol–water partition coefficient (Wildman–Crippen LogP) is 0.401. The third kappa shape index (κ3) is 12.6. The summed E-state index contributed by atoms with van der Waals surface area (Å²) in [5, 5.41) is 10.3. The van der Waals surface area contributed by atoms with Crippen LogP contribution in [0.1, 0.15) is 5.56 Å². The lowest BCUT2D eigenvalue weighted by molar-refractivity contribution is -0.143. The van der Waals surface area contributed by atoms with E-state index in [0.29, 0.717) is 6.61 Å². The fourth-order valence-electron chi connectivity index (χ4n) is 0.933. The zero-order valence-corrected chi connectivity index (χ0v) is 11.5. The van der Waals surface area contributed by atoms with Gasteiger partial charge in [0.1, 0.15) is 6.61 Å². The van der Waals surface area contributed by atoms with Crippen LogP contribution in [-0.4, -0.2) is 37.2 Å². The van der Waals surface area contributed by atoms with Gasteiger partial charge in [0.25, 0.3) is 0 Å². The van der Waals surface area contributed by atoms with E-state index in [4.69, 9.17) is 9.84 Å². The Bertz CT molecular complexity index is 360. The van der Waals surface area contributed by atoms with Crippen LogP contribution in [0.3, 0.4) is 0 Å². The molecule has 0 aliphatic heterocycles. The molecule has 7 heteroatoms. The van der Waals surface area contributed by atoms with Crippen LogP contribution in [0, 0.1) is 0 Å². The summed E-state index contributed by atoms with van der Waals surface area (Å²) in [6.07, 6.45) is 0. The molecule has 1 rings (SSSR count). The van der Waals surface area contributed by atoms with Gasteiger partial charge in [-0.25, -0.2) is 0 Å². The minimum absolute atomic E-state index is 0. The number of likely N-dealkylation sites (N-methyl/N-ethyl adjacent to an activating group) is 1. The number of esters is 1. The van der Waals surface area contributed by atoms with E-state index >= 15 is 0 Å². The number of halogens is 1. The Balaban J connectivity index is 0. The van der Waals surface area contributed by atoms with Crippen molar-refractivity contribution < 1.29 is 19.4 Å². The molecule has 0 heterocycles. The molecular weight excluding hydrogens is 272 g/mol. The summed E-state index contributed by atoms with van der Waals surface area (Å²) in [7, 11) is 1.71. The number of nitrogens with one attached hydrogen (secondary N) is 1. The van der Waals surface area contributed by atoms with Crippen LogP contribution in [0.5, 0.6) is 0 Å². The van der Waals surface area contributed by atoms with E-state index < -0.39 is 5.97 Å². The molecule has 1 aromatic rings. The standard InChI is InChI=1S/C10H13NO2.C2H5NO2.ClH/c1-11-7-10(12)13-8-9-5-3-2-4-6-9;3-1-2(4)5;/h2-6,11H,7-8H2,1H3;1,3H2,(H,4,5);1H. The quantitative estimate of drug-likeness (QED) is 0.679. The van der Waals surface area contributed by atoms with Gasteiger partial charge < -0.3 is 20.9 Å². The van der Waals surface area contributed by atoms with Crippen LogP contribution in [0.2, 0.25) is 0 Å². The van der Waals surface area contributed by atoms with Crippen LogP contribution < -0.4 is 11.1 Å². The molecule has 0 saturated heterocycles. The molecule has 0 amide bonds. The molecule has 0 atom stereocenters. The highest BCUT2D eigenvalue weighted by Crippen LogP contribution is 1.99. The van der Waals surface area contributed by atoms with E-state index in [1.54, 1.807) is 7.05 Å². The Morgan fingerprint density at radius 3 is 2.26 bits per heavy atom. The van der Waals surface area contributed by atoms with Crippen molar-refractivity contribution in [2.24, 2.45) is 5.73 Å². The van der Waals surface area contributed by atoms with Crippen LogP contribution >= 0.6 is 12.4 Å². The van der Waals surface area contributed by atoms with Gasteiger partial charge in [-0.2, -0.15) is 0 Å². The smallest absolute Gasteiger partial charge is 0.320 e. The lowest BCUT2D eigenvalue weighted by Crippen LogP contribution is -2.20. The average molecular weight is 291 g/mol. The SMILES string of the molecule is CNCC(=O)OCc1ccccc1.Cl.NCC(=O)O. The molecule has 19 heavy (non-hydrogen) atoms. The molecule has 0 spiro atoms. The number of carbonyl (C=O) groups is 2. The summed E-state index contributed by atoms with van der Waals surface area (Å²) in [6, 6.07) is 9.61. The van der Waals surface area contributed by atoms with Crippen molar-refractivity contribution in [3.63, 3.8) is 0 Å². The van der Waals surface area contributed by atoms with Gasteiger partial charge in [-0.05, 0) is 12.6 Å². The van der Waals surface area contributed by atoms with Crippen molar-refractivity contribution in [3.05, 3.63) is 35.9 Å². The minimum atomic E-state index is -0.968. The van der Waals surface area contributed by atoms with Crippen molar-refractivity contribution in [2.75, 3.05) is 20.1 Å². The summed E-state index contributed by atoms with van der Waals surface area (Å²) < 4.78 is 4.97. The van der Waals surface area contributed by atoms with Crippen molar-refractivity contribution in [1.29, 1.82) is 0 Å². The van der Waals surface area contributed by atoms with Gasteiger partial charge in [-0.1, -0.05) is 30.3 Å². The van der Waals surface area contributed by atoms with Gasteiger partial charge in [0.15, 0.2) is 0 Å². The highest BCUT2D eigenvalue weighted by molar-refractivity contribution is 5.85.